The number of carbonyl (C=O) groups excluding carboxylic acids is 1. The zero-order valence-electron chi connectivity index (χ0n) is 15.6. The van der Waals surface area contributed by atoms with Gasteiger partial charge in [-0.15, -0.1) is 0 Å². The van der Waals surface area contributed by atoms with Gasteiger partial charge < -0.3 is 24.7 Å². The highest BCUT2D eigenvalue weighted by molar-refractivity contribution is 7.49. The van der Waals surface area contributed by atoms with E-state index in [-0.39, 0.29) is 24.5 Å². The van der Waals surface area contributed by atoms with Crippen LogP contribution in [0.2, 0.25) is 0 Å². The van der Waals surface area contributed by atoms with Crippen LogP contribution in [0.15, 0.2) is 12.7 Å². The fraction of sp³-hybridized carbons (Fsp3) is 0.625. The van der Waals surface area contributed by atoms with E-state index >= 15 is 0 Å². The number of carbonyl (C=O) groups is 1. The fourth-order valence-corrected chi connectivity index (χ4v) is 3.92. The van der Waals surface area contributed by atoms with Gasteiger partial charge in [0.15, 0.2) is 11.5 Å². The van der Waals surface area contributed by atoms with Gasteiger partial charge in [-0.3, -0.25) is 9.88 Å². The van der Waals surface area contributed by atoms with Gasteiger partial charge in [-0.1, -0.05) is 0 Å². The van der Waals surface area contributed by atoms with Crippen LogP contribution < -0.4 is 10.8 Å². The Balaban J connectivity index is 1.49. The third-order valence-electron chi connectivity index (χ3n) is 4.19. The molecule has 0 bridgehead atoms. The summed E-state index contributed by atoms with van der Waals surface area (Å²) in [7, 11) is -1.64. The molecule has 2 atom stereocenters. The molecule has 1 saturated carbocycles. The smallest absolute Gasteiger partial charge is 0.326 e. The molecule has 0 aromatic carbocycles. The third-order valence-corrected chi connectivity index (χ3v) is 5.27. The Morgan fingerprint density at radius 2 is 2.15 bits per heavy atom. The van der Waals surface area contributed by atoms with E-state index in [0.717, 1.165) is 0 Å². The number of imidazole rings is 1. The molecule has 0 unspecified atom stereocenters. The molecule has 2 heterocycles. The SMILES string of the molecule is CC(C)OC(=O)C1(N[P@](O)CO[C@H](C)Cn2cnc3c(N)ncnc32)CC1. The van der Waals surface area contributed by atoms with Crippen LogP contribution in [0, 0.1) is 0 Å². The molecule has 2 aromatic heterocycles. The molecule has 2 aromatic rings. The van der Waals surface area contributed by atoms with Crippen molar-refractivity contribution in [3.8, 4) is 0 Å². The lowest BCUT2D eigenvalue weighted by molar-refractivity contribution is -0.150. The fourth-order valence-electron chi connectivity index (χ4n) is 2.65. The second-order valence-electron chi connectivity index (χ2n) is 6.98. The second kappa shape index (κ2) is 8.02. The summed E-state index contributed by atoms with van der Waals surface area (Å²) in [5, 5.41) is 2.99. The molecule has 0 aliphatic heterocycles. The van der Waals surface area contributed by atoms with Gasteiger partial charge in [-0.2, -0.15) is 0 Å². The first-order valence-corrected chi connectivity index (χ1v) is 10.3. The van der Waals surface area contributed by atoms with E-state index in [9.17, 15) is 9.69 Å². The zero-order valence-corrected chi connectivity index (χ0v) is 16.5. The van der Waals surface area contributed by atoms with Gasteiger partial charge in [0, 0.05) is 0 Å². The molecule has 3 rings (SSSR count). The van der Waals surface area contributed by atoms with Crippen LogP contribution in [0.3, 0.4) is 0 Å². The van der Waals surface area contributed by atoms with Crippen LogP contribution in [-0.2, 0) is 20.8 Å². The van der Waals surface area contributed by atoms with Crippen LogP contribution in [0.5, 0.6) is 0 Å². The monoisotopic (exact) mass is 396 g/mol. The van der Waals surface area contributed by atoms with Crippen LogP contribution >= 0.6 is 8.30 Å². The van der Waals surface area contributed by atoms with Gasteiger partial charge in [-0.05, 0) is 33.6 Å². The molecule has 148 valence electrons. The number of aromatic nitrogens is 4. The highest BCUT2D eigenvalue weighted by atomic mass is 31.2. The van der Waals surface area contributed by atoms with Crippen molar-refractivity contribution in [3.63, 3.8) is 0 Å². The van der Waals surface area contributed by atoms with Crippen LogP contribution in [-0.4, -0.2) is 54.5 Å². The molecule has 0 saturated heterocycles. The molecule has 4 N–H and O–H groups in total. The van der Waals surface area contributed by atoms with Crippen molar-refractivity contribution in [2.24, 2.45) is 0 Å². The van der Waals surface area contributed by atoms with Gasteiger partial charge >= 0.3 is 5.97 Å². The number of hydrogen-bond acceptors (Lipinski definition) is 9. The Kier molecular flexibility index (Phi) is 5.90. The molecule has 0 spiro atoms. The first kappa shape index (κ1) is 19.9. The Morgan fingerprint density at radius 3 is 2.81 bits per heavy atom. The number of nitrogens with one attached hydrogen (secondary N) is 1. The van der Waals surface area contributed by atoms with E-state index in [0.29, 0.717) is 36.4 Å². The van der Waals surface area contributed by atoms with Crippen molar-refractivity contribution in [2.75, 3.05) is 12.1 Å². The Bertz CT molecular complexity index is 809. The molecule has 1 aliphatic rings. The molecular weight excluding hydrogens is 371 g/mol. The predicted octanol–water partition coefficient (Wildman–Crippen LogP) is 1.15. The van der Waals surface area contributed by atoms with Crippen molar-refractivity contribution in [1.82, 2.24) is 24.6 Å². The van der Waals surface area contributed by atoms with E-state index in [1.807, 2.05) is 11.5 Å². The minimum atomic E-state index is -1.64. The molecule has 27 heavy (non-hydrogen) atoms. The van der Waals surface area contributed by atoms with Gasteiger partial charge in [0.1, 0.15) is 32.0 Å². The van der Waals surface area contributed by atoms with Crippen LogP contribution in [0.1, 0.15) is 33.6 Å². The molecule has 11 heteroatoms. The summed E-state index contributed by atoms with van der Waals surface area (Å²) in [6, 6.07) is 0. The Labute approximate surface area is 158 Å². The topological polar surface area (TPSA) is 137 Å². The molecule has 1 aliphatic carbocycles. The van der Waals surface area contributed by atoms with Gasteiger partial charge in [0.25, 0.3) is 0 Å². The second-order valence-corrected chi connectivity index (χ2v) is 8.26. The van der Waals surface area contributed by atoms with E-state index in [1.54, 1.807) is 20.2 Å². The minimum Gasteiger partial charge on any atom is -0.462 e. The average molecular weight is 396 g/mol. The molecule has 0 radical (unpaired) electrons. The van der Waals surface area contributed by atoms with Crippen molar-refractivity contribution in [1.29, 1.82) is 0 Å². The maximum absolute atomic E-state index is 12.1. The summed E-state index contributed by atoms with van der Waals surface area (Å²) >= 11 is 0. The first-order valence-electron chi connectivity index (χ1n) is 8.79. The van der Waals surface area contributed by atoms with Crippen LogP contribution in [0.4, 0.5) is 5.82 Å². The molecule has 1 fully saturated rings. The Hall–Kier alpha value is -1.87. The number of nitrogens with zero attached hydrogens (tertiary/aromatic N) is 4. The maximum atomic E-state index is 12.1. The predicted molar refractivity (Wildman–Crippen MR) is 101 cm³/mol. The summed E-state index contributed by atoms with van der Waals surface area (Å²) in [4.78, 5) is 34.7. The summed E-state index contributed by atoms with van der Waals surface area (Å²) in [5.41, 5.74) is 6.21. The minimum absolute atomic E-state index is 0.108. The number of nitrogen functional groups attached to an aromatic ring is 1. The van der Waals surface area contributed by atoms with E-state index in [2.05, 4.69) is 20.0 Å². The Morgan fingerprint density at radius 1 is 1.41 bits per heavy atom. The van der Waals surface area contributed by atoms with E-state index in [1.165, 1.54) is 6.33 Å². The summed E-state index contributed by atoms with van der Waals surface area (Å²) in [6.45, 7) is 5.99. The largest absolute Gasteiger partial charge is 0.462 e. The highest BCUT2D eigenvalue weighted by Gasteiger charge is 2.52. The molecule has 0 amide bonds. The van der Waals surface area contributed by atoms with Crippen molar-refractivity contribution in [2.45, 2.75) is 57.9 Å². The highest BCUT2D eigenvalue weighted by Crippen LogP contribution is 2.43. The van der Waals surface area contributed by atoms with Crippen molar-refractivity contribution < 1.29 is 19.2 Å². The lowest BCUT2D eigenvalue weighted by Crippen LogP contribution is -2.39. The van der Waals surface area contributed by atoms with Gasteiger partial charge in [0.2, 0.25) is 0 Å². The van der Waals surface area contributed by atoms with Crippen LogP contribution in [0.25, 0.3) is 11.2 Å². The van der Waals surface area contributed by atoms with E-state index in [4.69, 9.17) is 15.2 Å². The summed E-state index contributed by atoms with van der Waals surface area (Å²) in [5.74, 6) is 0.0210. The lowest BCUT2D eigenvalue weighted by Gasteiger charge is -2.22. The van der Waals surface area contributed by atoms with Gasteiger partial charge in [0.05, 0.1) is 25.1 Å². The number of nitrogens with two attached hydrogens (primary N) is 1. The van der Waals surface area contributed by atoms with Crippen molar-refractivity contribution >= 4 is 31.3 Å². The van der Waals surface area contributed by atoms with Gasteiger partial charge in [-0.25, -0.2) is 15.0 Å². The number of hydrogen-bond donors (Lipinski definition) is 3. The van der Waals surface area contributed by atoms with Crippen molar-refractivity contribution in [3.05, 3.63) is 12.7 Å². The molecule has 10 nitrogen and oxygen atoms in total. The zero-order chi connectivity index (χ0) is 19.6. The number of ether oxygens (including phenoxy) is 2. The number of fused-ring (bicyclic) bond motifs is 1. The average Bonchev–Trinajstić information content (AvgIpc) is 3.27. The third kappa shape index (κ3) is 4.70. The standard InChI is InChI=1S/C16H25N6O4P/c1-10(2)26-15(23)16(4-5-16)21-27(24)9-25-11(3)6-22-8-20-12-13(17)18-7-19-14(12)22/h7-8,10-11,21,24H,4-6,9H2,1-3H3,(H2,17,18,19)/t11-,27-/m1/s1. The maximum Gasteiger partial charge on any atom is 0.326 e. The summed E-state index contributed by atoms with van der Waals surface area (Å²) in [6.07, 6.45) is 4.08. The lowest BCUT2D eigenvalue weighted by atomic mass is 10.3. The summed E-state index contributed by atoms with van der Waals surface area (Å²) < 4.78 is 12.8. The number of esters is 1. The molecular formula is C16H25N6O4P. The van der Waals surface area contributed by atoms with E-state index < -0.39 is 13.8 Å². The normalized spacial score (nSPS) is 17.8. The number of anilines is 1. The quantitative estimate of drug-likeness (QED) is 0.421. The number of rotatable bonds is 9. The first-order chi connectivity index (χ1) is 12.8.